The lowest BCUT2D eigenvalue weighted by atomic mass is 10.1. The van der Waals surface area contributed by atoms with E-state index in [0.29, 0.717) is 0 Å². The van der Waals surface area contributed by atoms with E-state index in [0.717, 1.165) is 0 Å². The van der Waals surface area contributed by atoms with Crippen molar-refractivity contribution in [3.05, 3.63) is 0 Å². The highest BCUT2D eigenvalue weighted by atomic mass is 19.3. The molecule has 0 aliphatic heterocycles. The molecule has 0 aromatic rings. The molecule has 1 saturated carbocycles. The van der Waals surface area contributed by atoms with E-state index in [9.17, 15) is 13.6 Å². The van der Waals surface area contributed by atoms with Gasteiger partial charge in [-0.25, -0.2) is 13.7 Å². The van der Waals surface area contributed by atoms with Crippen molar-refractivity contribution in [3.8, 4) is 0 Å². The molecule has 2 unspecified atom stereocenters. The number of halogens is 2. The third-order valence-corrected chi connectivity index (χ3v) is 2.45. The van der Waals surface area contributed by atoms with Crippen LogP contribution in [0.25, 0.3) is 0 Å². The van der Waals surface area contributed by atoms with Crippen LogP contribution in [0, 0.1) is 17.8 Å². The smallest absolute Gasteiger partial charge is 0.306 e. The average molecular weight is 196 g/mol. The predicted molar refractivity (Wildman–Crippen MR) is 37.3 cm³/mol. The minimum Gasteiger partial charge on any atom is -0.481 e. The lowest BCUT2D eigenvalue weighted by Crippen LogP contribution is -2.15. The molecule has 13 heavy (non-hydrogen) atoms. The summed E-state index contributed by atoms with van der Waals surface area (Å²) in [7, 11) is 0. The maximum absolute atomic E-state index is 12.8. The van der Waals surface area contributed by atoms with Crippen LogP contribution in [0.15, 0.2) is 0 Å². The van der Waals surface area contributed by atoms with E-state index in [-0.39, 0.29) is 0 Å². The number of carbonyl (C=O) groups is 1. The molecular weight excluding hydrogens is 186 g/mol. The second kappa shape index (κ2) is 3.19. The van der Waals surface area contributed by atoms with Gasteiger partial charge in [-0.3, -0.25) is 10.1 Å². The highest BCUT2D eigenvalue weighted by Crippen LogP contribution is 2.58. The van der Waals surface area contributed by atoms with Crippen LogP contribution in [0.1, 0.15) is 6.92 Å². The lowest BCUT2D eigenvalue weighted by Gasteiger charge is -2.02. The molecular formula is C7H10F2O4. The Morgan fingerprint density at radius 1 is 1.69 bits per heavy atom. The molecule has 2 N–H and O–H groups in total. The van der Waals surface area contributed by atoms with Crippen LogP contribution in [0.4, 0.5) is 8.78 Å². The summed E-state index contributed by atoms with van der Waals surface area (Å²) >= 11 is 0. The van der Waals surface area contributed by atoms with Crippen LogP contribution in [-0.4, -0.2) is 28.9 Å². The molecule has 0 amide bonds. The molecule has 0 spiro atoms. The third kappa shape index (κ3) is 1.64. The maximum atomic E-state index is 12.8. The van der Waals surface area contributed by atoms with Gasteiger partial charge in [-0.2, -0.15) is 0 Å². The van der Waals surface area contributed by atoms with Gasteiger partial charge in [0, 0.05) is 5.92 Å². The summed E-state index contributed by atoms with van der Waals surface area (Å²) in [5.41, 5.74) is 0. The van der Waals surface area contributed by atoms with Crippen LogP contribution < -0.4 is 0 Å². The molecule has 3 atom stereocenters. The van der Waals surface area contributed by atoms with Crippen molar-refractivity contribution in [3.63, 3.8) is 0 Å². The molecule has 4 nitrogen and oxygen atoms in total. The molecule has 0 radical (unpaired) electrons. The molecule has 0 saturated heterocycles. The highest BCUT2D eigenvalue weighted by Gasteiger charge is 2.71. The number of carboxylic acids is 1. The quantitative estimate of drug-likeness (QED) is 0.521. The van der Waals surface area contributed by atoms with Crippen molar-refractivity contribution in [2.45, 2.75) is 12.8 Å². The van der Waals surface area contributed by atoms with Gasteiger partial charge in [0.1, 0.15) is 0 Å². The van der Waals surface area contributed by atoms with Gasteiger partial charge in [0.2, 0.25) is 0 Å². The van der Waals surface area contributed by atoms with E-state index in [4.69, 9.17) is 10.4 Å². The molecule has 1 rings (SSSR count). The maximum Gasteiger partial charge on any atom is 0.306 e. The van der Waals surface area contributed by atoms with E-state index in [2.05, 4.69) is 4.89 Å². The number of hydrogen-bond donors (Lipinski definition) is 2. The number of rotatable bonds is 4. The van der Waals surface area contributed by atoms with E-state index in [1.54, 1.807) is 0 Å². The van der Waals surface area contributed by atoms with E-state index < -0.39 is 36.3 Å². The van der Waals surface area contributed by atoms with Gasteiger partial charge >= 0.3 is 5.97 Å². The molecule has 1 fully saturated rings. The molecule has 6 heteroatoms. The Hall–Kier alpha value is -0.750. The standard InChI is InChI=1S/C7H10F2O4/c1-3(6(10)11)5-4(2-13-12)7(5,8)9/h3-5,12H,2H2,1H3,(H,10,11)/t3-,4?,5?/m1/s1. The fourth-order valence-corrected chi connectivity index (χ4v) is 1.55. The zero-order valence-corrected chi connectivity index (χ0v) is 6.91. The lowest BCUT2D eigenvalue weighted by molar-refractivity contribution is -0.249. The summed E-state index contributed by atoms with van der Waals surface area (Å²) in [6.07, 6.45) is 0. The van der Waals surface area contributed by atoms with Gasteiger partial charge in [0.15, 0.2) is 0 Å². The van der Waals surface area contributed by atoms with Crippen molar-refractivity contribution in [2.75, 3.05) is 6.61 Å². The highest BCUT2D eigenvalue weighted by molar-refractivity contribution is 5.70. The summed E-state index contributed by atoms with van der Waals surface area (Å²) in [6, 6.07) is 0. The SMILES string of the molecule is C[C@@H](C(=O)O)C1C(COO)C1(F)F. The Morgan fingerprint density at radius 2 is 2.23 bits per heavy atom. The summed E-state index contributed by atoms with van der Waals surface area (Å²) in [4.78, 5) is 14.0. The second-order valence-electron chi connectivity index (χ2n) is 3.23. The van der Waals surface area contributed by atoms with Crippen LogP contribution >= 0.6 is 0 Å². The first-order chi connectivity index (χ1) is 5.92. The van der Waals surface area contributed by atoms with Crippen molar-refractivity contribution < 1.29 is 28.8 Å². The Morgan fingerprint density at radius 3 is 2.62 bits per heavy atom. The Balaban J connectivity index is 2.59. The van der Waals surface area contributed by atoms with Crippen LogP contribution in [-0.2, 0) is 9.68 Å². The largest absolute Gasteiger partial charge is 0.481 e. The van der Waals surface area contributed by atoms with E-state index in [1.165, 1.54) is 6.92 Å². The monoisotopic (exact) mass is 196 g/mol. The van der Waals surface area contributed by atoms with Gasteiger partial charge in [-0.15, -0.1) is 0 Å². The topological polar surface area (TPSA) is 66.8 Å². The predicted octanol–water partition coefficient (Wildman–Crippen LogP) is 1.08. The van der Waals surface area contributed by atoms with Gasteiger partial charge in [0.05, 0.1) is 18.4 Å². The van der Waals surface area contributed by atoms with Crippen LogP contribution in [0.2, 0.25) is 0 Å². The first kappa shape index (κ1) is 10.3. The molecule has 0 heterocycles. The Bertz CT molecular complexity index is 219. The van der Waals surface area contributed by atoms with Gasteiger partial charge in [0.25, 0.3) is 5.92 Å². The van der Waals surface area contributed by atoms with Crippen LogP contribution in [0.5, 0.6) is 0 Å². The molecule has 1 aliphatic carbocycles. The third-order valence-electron chi connectivity index (χ3n) is 2.45. The summed E-state index contributed by atoms with van der Waals surface area (Å²) < 4.78 is 25.6. The number of aliphatic carboxylic acids is 1. The Labute approximate surface area is 73.0 Å². The summed E-state index contributed by atoms with van der Waals surface area (Å²) in [5.74, 6) is -7.80. The minimum absolute atomic E-state index is 0.519. The molecule has 0 aromatic heterocycles. The van der Waals surface area contributed by atoms with Crippen molar-refractivity contribution >= 4 is 5.97 Å². The molecule has 0 aromatic carbocycles. The average Bonchev–Trinajstić information content (AvgIpc) is 2.53. The summed E-state index contributed by atoms with van der Waals surface area (Å²) in [5, 5.41) is 16.4. The first-order valence-electron chi connectivity index (χ1n) is 3.80. The fraction of sp³-hybridized carbons (Fsp3) is 0.857. The fourth-order valence-electron chi connectivity index (χ4n) is 1.55. The first-order valence-corrected chi connectivity index (χ1v) is 3.80. The second-order valence-corrected chi connectivity index (χ2v) is 3.23. The van der Waals surface area contributed by atoms with E-state index >= 15 is 0 Å². The number of carboxylic acid groups (broad SMARTS) is 1. The minimum atomic E-state index is -3.03. The Kier molecular flexibility index (Phi) is 2.53. The molecule has 1 aliphatic rings. The number of hydrogen-bond acceptors (Lipinski definition) is 3. The zero-order valence-electron chi connectivity index (χ0n) is 6.91. The van der Waals surface area contributed by atoms with E-state index in [1.807, 2.05) is 0 Å². The van der Waals surface area contributed by atoms with Crippen molar-refractivity contribution in [2.24, 2.45) is 17.8 Å². The normalized spacial score (nSPS) is 32.6. The molecule has 0 bridgehead atoms. The number of alkyl halides is 2. The van der Waals surface area contributed by atoms with Gasteiger partial charge in [-0.05, 0) is 0 Å². The summed E-state index contributed by atoms with van der Waals surface area (Å²) in [6.45, 7) is 0.702. The van der Waals surface area contributed by atoms with Gasteiger partial charge < -0.3 is 5.11 Å². The van der Waals surface area contributed by atoms with Gasteiger partial charge in [-0.1, -0.05) is 6.92 Å². The van der Waals surface area contributed by atoms with Crippen molar-refractivity contribution in [1.82, 2.24) is 0 Å². The molecule has 76 valence electrons. The zero-order chi connectivity index (χ0) is 10.2. The van der Waals surface area contributed by atoms with Crippen LogP contribution in [0.3, 0.4) is 0 Å². The van der Waals surface area contributed by atoms with Crippen molar-refractivity contribution in [1.29, 1.82) is 0 Å².